The third-order valence-corrected chi connectivity index (χ3v) is 1.70. The Balaban J connectivity index is 2.41. The summed E-state index contributed by atoms with van der Waals surface area (Å²) in [5.74, 6) is -0.249. The van der Waals surface area contributed by atoms with Crippen molar-refractivity contribution in [2.24, 2.45) is 0 Å². The molecule has 0 spiro atoms. The molecule has 13 heavy (non-hydrogen) atoms. The molecule has 0 saturated carbocycles. The van der Waals surface area contributed by atoms with Crippen molar-refractivity contribution in [2.45, 2.75) is 6.92 Å². The highest BCUT2D eigenvalue weighted by molar-refractivity contribution is 5.30. The van der Waals surface area contributed by atoms with E-state index in [9.17, 15) is 4.39 Å². The predicted molar refractivity (Wildman–Crippen MR) is 46.1 cm³/mol. The lowest BCUT2D eigenvalue weighted by Crippen LogP contribution is -1.94. The molecule has 3 nitrogen and oxygen atoms in total. The molecular weight excluding hydrogens is 169 g/mol. The van der Waals surface area contributed by atoms with Gasteiger partial charge < -0.3 is 0 Å². The molecule has 1 aromatic carbocycles. The molecule has 2 rings (SSSR count). The number of halogens is 1. The molecule has 2 aromatic rings. The van der Waals surface area contributed by atoms with Gasteiger partial charge in [-0.05, 0) is 31.2 Å². The summed E-state index contributed by atoms with van der Waals surface area (Å²) in [6.45, 7) is 1.85. The van der Waals surface area contributed by atoms with Crippen molar-refractivity contribution in [3.8, 4) is 5.69 Å². The Morgan fingerprint density at radius 1 is 1.23 bits per heavy atom. The van der Waals surface area contributed by atoms with Gasteiger partial charge in [-0.3, -0.25) is 0 Å². The molecule has 0 unspecified atom stereocenters. The van der Waals surface area contributed by atoms with Crippen LogP contribution in [-0.2, 0) is 0 Å². The van der Waals surface area contributed by atoms with Gasteiger partial charge in [-0.1, -0.05) is 5.21 Å². The molecule has 0 radical (unpaired) electrons. The van der Waals surface area contributed by atoms with E-state index in [0.717, 1.165) is 11.4 Å². The first-order valence-electron chi connectivity index (χ1n) is 3.90. The van der Waals surface area contributed by atoms with Crippen LogP contribution in [0.5, 0.6) is 0 Å². The largest absolute Gasteiger partial charge is 0.220 e. The van der Waals surface area contributed by atoms with Crippen LogP contribution in [0, 0.1) is 12.7 Å². The molecule has 0 amide bonds. The summed E-state index contributed by atoms with van der Waals surface area (Å²) < 4.78 is 14.2. The van der Waals surface area contributed by atoms with Crippen LogP contribution in [0.3, 0.4) is 0 Å². The smallest absolute Gasteiger partial charge is 0.123 e. The van der Waals surface area contributed by atoms with Gasteiger partial charge in [0.25, 0.3) is 0 Å². The number of nitrogens with zero attached hydrogens (tertiary/aromatic N) is 3. The van der Waals surface area contributed by atoms with Crippen LogP contribution >= 0.6 is 0 Å². The number of aryl methyl sites for hydroxylation is 1. The average Bonchev–Trinajstić information content (AvgIpc) is 2.53. The Hall–Kier alpha value is -1.71. The van der Waals surface area contributed by atoms with Crippen LogP contribution in [0.15, 0.2) is 30.5 Å². The fraction of sp³-hybridized carbons (Fsp3) is 0.111. The second kappa shape index (κ2) is 2.97. The topological polar surface area (TPSA) is 30.7 Å². The molecule has 4 heteroatoms. The monoisotopic (exact) mass is 177 g/mol. The minimum atomic E-state index is -0.249. The lowest BCUT2D eigenvalue weighted by molar-refractivity contribution is 0.626. The van der Waals surface area contributed by atoms with Crippen molar-refractivity contribution >= 4 is 0 Å². The zero-order chi connectivity index (χ0) is 9.26. The van der Waals surface area contributed by atoms with Gasteiger partial charge >= 0.3 is 0 Å². The van der Waals surface area contributed by atoms with Crippen LogP contribution in [0.25, 0.3) is 5.69 Å². The molecule has 0 saturated heterocycles. The van der Waals surface area contributed by atoms with E-state index in [1.54, 1.807) is 23.0 Å². The van der Waals surface area contributed by atoms with Crippen molar-refractivity contribution in [3.63, 3.8) is 0 Å². The van der Waals surface area contributed by atoms with E-state index >= 15 is 0 Å². The van der Waals surface area contributed by atoms with E-state index in [-0.39, 0.29) is 5.82 Å². The molecule has 0 bridgehead atoms. The normalized spacial score (nSPS) is 10.3. The summed E-state index contributed by atoms with van der Waals surface area (Å²) >= 11 is 0. The first-order valence-corrected chi connectivity index (χ1v) is 3.90. The zero-order valence-electron chi connectivity index (χ0n) is 7.11. The van der Waals surface area contributed by atoms with Crippen LogP contribution in [0.4, 0.5) is 4.39 Å². The van der Waals surface area contributed by atoms with E-state index < -0.39 is 0 Å². The van der Waals surface area contributed by atoms with E-state index in [1.165, 1.54) is 12.1 Å². The van der Waals surface area contributed by atoms with Gasteiger partial charge in [0.1, 0.15) is 5.82 Å². The Morgan fingerprint density at radius 2 is 1.92 bits per heavy atom. The fourth-order valence-corrected chi connectivity index (χ4v) is 1.07. The standard InChI is InChI=1S/C9H8FN3/c1-7-6-13(12-11-7)9-4-2-8(10)3-5-9/h2-6H,1H3. The highest BCUT2D eigenvalue weighted by Gasteiger charge is 1.98. The van der Waals surface area contributed by atoms with Crippen molar-refractivity contribution in [1.82, 2.24) is 15.0 Å². The Kier molecular flexibility index (Phi) is 1.81. The predicted octanol–water partition coefficient (Wildman–Crippen LogP) is 1.71. The summed E-state index contributed by atoms with van der Waals surface area (Å²) in [5.41, 5.74) is 1.64. The molecule has 0 aliphatic heterocycles. The number of hydrogen-bond acceptors (Lipinski definition) is 2. The van der Waals surface area contributed by atoms with Crippen molar-refractivity contribution in [1.29, 1.82) is 0 Å². The van der Waals surface area contributed by atoms with Gasteiger partial charge in [0, 0.05) is 0 Å². The second-order valence-electron chi connectivity index (χ2n) is 2.78. The zero-order valence-corrected chi connectivity index (χ0v) is 7.11. The molecule has 66 valence electrons. The highest BCUT2D eigenvalue weighted by atomic mass is 19.1. The third-order valence-electron chi connectivity index (χ3n) is 1.70. The summed E-state index contributed by atoms with van der Waals surface area (Å²) in [5, 5.41) is 7.69. The summed E-state index contributed by atoms with van der Waals surface area (Å²) in [7, 11) is 0. The van der Waals surface area contributed by atoms with E-state index in [2.05, 4.69) is 10.3 Å². The van der Waals surface area contributed by atoms with Crippen LogP contribution in [0.2, 0.25) is 0 Å². The van der Waals surface area contributed by atoms with Crippen LogP contribution in [-0.4, -0.2) is 15.0 Å². The molecular formula is C9H8FN3. The summed E-state index contributed by atoms with van der Waals surface area (Å²) in [6.07, 6.45) is 1.78. The van der Waals surface area contributed by atoms with Crippen molar-refractivity contribution in [3.05, 3.63) is 42.0 Å². The van der Waals surface area contributed by atoms with Gasteiger partial charge in [-0.15, -0.1) is 5.10 Å². The Bertz CT molecular complexity index is 405. The first-order chi connectivity index (χ1) is 6.25. The average molecular weight is 177 g/mol. The van der Waals surface area contributed by atoms with Crippen LogP contribution in [0.1, 0.15) is 5.69 Å². The number of benzene rings is 1. The second-order valence-corrected chi connectivity index (χ2v) is 2.78. The first kappa shape index (κ1) is 7.91. The minimum Gasteiger partial charge on any atom is -0.220 e. The van der Waals surface area contributed by atoms with Crippen molar-refractivity contribution in [2.75, 3.05) is 0 Å². The van der Waals surface area contributed by atoms with Gasteiger partial charge in [-0.2, -0.15) is 0 Å². The minimum absolute atomic E-state index is 0.249. The van der Waals surface area contributed by atoms with Gasteiger partial charge in [0.15, 0.2) is 0 Å². The maximum absolute atomic E-state index is 12.6. The Labute approximate surface area is 74.8 Å². The quantitative estimate of drug-likeness (QED) is 0.664. The van der Waals surface area contributed by atoms with E-state index in [1.807, 2.05) is 6.92 Å². The fourth-order valence-electron chi connectivity index (χ4n) is 1.07. The van der Waals surface area contributed by atoms with E-state index in [4.69, 9.17) is 0 Å². The molecule has 0 atom stereocenters. The molecule has 1 aromatic heterocycles. The maximum atomic E-state index is 12.6. The molecule has 0 N–H and O–H groups in total. The summed E-state index contributed by atoms with van der Waals surface area (Å²) in [6, 6.07) is 6.10. The Morgan fingerprint density at radius 3 is 2.46 bits per heavy atom. The molecule has 0 aliphatic carbocycles. The van der Waals surface area contributed by atoms with E-state index in [0.29, 0.717) is 0 Å². The van der Waals surface area contributed by atoms with Gasteiger partial charge in [0.05, 0.1) is 17.6 Å². The van der Waals surface area contributed by atoms with Crippen molar-refractivity contribution < 1.29 is 4.39 Å². The lowest BCUT2D eigenvalue weighted by atomic mass is 10.3. The highest BCUT2D eigenvalue weighted by Crippen LogP contribution is 2.07. The number of rotatable bonds is 1. The molecule has 0 fully saturated rings. The SMILES string of the molecule is Cc1cn(-c2ccc(F)cc2)nn1. The third kappa shape index (κ3) is 1.56. The van der Waals surface area contributed by atoms with Gasteiger partial charge in [0.2, 0.25) is 0 Å². The lowest BCUT2D eigenvalue weighted by Gasteiger charge is -1.97. The van der Waals surface area contributed by atoms with Crippen LogP contribution < -0.4 is 0 Å². The number of hydrogen-bond donors (Lipinski definition) is 0. The molecule has 0 aliphatic rings. The van der Waals surface area contributed by atoms with Gasteiger partial charge in [-0.25, -0.2) is 9.07 Å². The molecule has 1 heterocycles. The summed E-state index contributed by atoms with van der Waals surface area (Å²) in [4.78, 5) is 0. The number of aromatic nitrogens is 3. The maximum Gasteiger partial charge on any atom is 0.123 e.